The summed E-state index contributed by atoms with van der Waals surface area (Å²) in [5.41, 5.74) is 10.8. The van der Waals surface area contributed by atoms with E-state index < -0.39 is 17.0 Å². The van der Waals surface area contributed by atoms with Crippen molar-refractivity contribution < 1.29 is 14.0 Å². The fraction of sp³-hybridized carbons (Fsp3) is 0.167. The van der Waals surface area contributed by atoms with Gasteiger partial charge in [0.25, 0.3) is 5.91 Å². The van der Waals surface area contributed by atoms with Crippen LogP contribution in [0.4, 0.5) is 10.1 Å². The maximum Gasteiger partial charge on any atom is 0.262 e. The van der Waals surface area contributed by atoms with E-state index in [0.29, 0.717) is 5.69 Å². The highest BCUT2D eigenvalue weighted by Crippen LogP contribution is 2.26. The van der Waals surface area contributed by atoms with E-state index in [1.165, 1.54) is 24.3 Å². The maximum atomic E-state index is 12.7. The van der Waals surface area contributed by atoms with Crippen molar-refractivity contribution in [2.45, 2.75) is 11.7 Å². The van der Waals surface area contributed by atoms with Gasteiger partial charge in [-0.3, -0.25) is 9.59 Å². The van der Waals surface area contributed by atoms with Crippen LogP contribution >= 0.6 is 11.8 Å². The molecule has 0 fully saturated rings. The second kappa shape index (κ2) is 6.35. The van der Waals surface area contributed by atoms with Gasteiger partial charge in [-0.1, -0.05) is 11.8 Å². The van der Waals surface area contributed by atoms with Gasteiger partial charge in [0.15, 0.2) is 11.1 Å². The molecule has 7 nitrogen and oxygen atoms in total. The molecule has 1 atom stereocenters. The third kappa shape index (κ3) is 4.28. The number of nitrogens with one attached hydrogen (secondary N) is 1. The van der Waals surface area contributed by atoms with Crippen LogP contribution in [0.5, 0.6) is 0 Å². The summed E-state index contributed by atoms with van der Waals surface area (Å²) >= 11 is 1.02. The molecule has 21 heavy (non-hydrogen) atoms. The lowest BCUT2D eigenvalue weighted by Crippen LogP contribution is -2.23. The first-order valence-corrected chi connectivity index (χ1v) is 6.76. The summed E-state index contributed by atoms with van der Waals surface area (Å²) in [6.45, 7) is 0. The Kier molecular flexibility index (Phi) is 4.53. The molecule has 2 amide bonds. The molecule has 0 saturated carbocycles. The third-order valence-electron chi connectivity index (χ3n) is 2.45. The number of aliphatic imine (C=N–C) groups is 2. The number of anilines is 1. The third-order valence-corrected chi connectivity index (χ3v) is 3.50. The number of nitrogens with zero attached hydrogens (tertiary/aromatic N) is 2. The zero-order chi connectivity index (χ0) is 15.4. The Hall–Kier alpha value is -2.42. The summed E-state index contributed by atoms with van der Waals surface area (Å²) in [5, 5.41) is 2.04. The first-order valence-electron chi connectivity index (χ1n) is 5.88. The van der Waals surface area contributed by atoms with Crippen molar-refractivity contribution in [1.29, 1.82) is 0 Å². The van der Waals surface area contributed by atoms with Gasteiger partial charge >= 0.3 is 0 Å². The zero-order valence-corrected chi connectivity index (χ0v) is 11.6. The van der Waals surface area contributed by atoms with Gasteiger partial charge in [-0.15, -0.1) is 0 Å². The molecular weight excluding hydrogens is 297 g/mol. The van der Waals surface area contributed by atoms with Gasteiger partial charge in [-0.05, 0) is 24.3 Å². The average Bonchev–Trinajstić information content (AvgIpc) is 2.71. The van der Waals surface area contributed by atoms with Gasteiger partial charge < -0.3 is 16.8 Å². The molecule has 9 heteroatoms. The topological polar surface area (TPSA) is 123 Å². The van der Waals surface area contributed by atoms with Gasteiger partial charge in [-0.25, -0.2) is 4.39 Å². The highest BCUT2D eigenvalue weighted by molar-refractivity contribution is 8.15. The molecule has 0 aliphatic carbocycles. The number of halogens is 1. The van der Waals surface area contributed by atoms with Crippen molar-refractivity contribution in [3.05, 3.63) is 30.1 Å². The first kappa shape index (κ1) is 15.0. The summed E-state index contributed by atoms with van der Waals surface area (Å²) in [6.07, 6.45) is -0.0755. The summed E-state index contributed by atoms with van der Waals surface area (Å²) in [4.78, 5) is 30.7. The average molecular weight is 309 g/mol. The smallest absolute Gasteiger partial charge is 0.262 e. The van der Waals surface area contributed by atoms with Crippen LogP contribution in [0.25, 0.3) is 0 Å². The molecule has 2 rings (SSSR count). The number of carbonyl (C=O) groups excluding carboxylic acids is 2. The maximum absolute atomic E-state index is 12.7. The Morgan fingerprint density at radius 2 is 2.05 bits per heavy atom. The number of carbonyl (C=O) groups is 2. The van der Waals surface area contributed by atoms with Crippen molar-refractivity contribution in [3.63, 3.8) is 0 Å². The Morgan fingerprint density at radius 3 is 2.67 bits per heavy atom. The number of guanidine groups is 1. The van der Waals surface area contributed by atoms with Crippen LogP contribution in [0.15, 0.2) is 34.3 Å². The molecule has 1 aliphatic heterocycles. The Morgan fingerprint density at radius 1 is 1.38 bits per heavy atom. The number of hydrogen-bond donors (Lipinski definition) is 3. The van der Waals surface area contributed by atoms with Gasteiger partial charge in [-0.2, -0.15) is 9.98 Å². The van der Waals surface area contributed by atoms with E-state index in [1.54, 1.807) is 0 Å². The first-order chi connectivity index (χ1) is 9.94. The number of rotatable bonds is 3. The van der Waals surface area contributed by atoms with Crippen LogP contribution < -0.4 is 16.8 Å². The van der Waals surface area contributed by atoms with E-state index >= 15 is 0 Å². The fourth-order valence-electron chi connectivity index (χ4n) is 1.57. The number of amides is 2. The summed E-state index contributed by atoms with van der Waals surface area (Å²) < 4.78 is 12.7. The molecule has 1 heterocycles. The lowest BCUT2D eigenvalue weighted by Gasteiger charge is -2.07. The molecule has 0 bridgehead atoms. The Balaban J connectivity index is 1.91. The Bertz CT molecular complexity index is 625. The molecule has 0 saturated heterocycles. The molecule has 5 N–H and O–H groups in total. The minimum Gasteiger partial charge on any atom is -0.370 e. The number of amidine groups is 1. The van der Waals surface area contributed by atoms with Crippen molar-refractivity contribution in [3.8, 4) is 0 Å². The molecule has 1 aromatic rings. The van der Waals surface area contributed by atoms with E-state index in [1.807, 2.05) is 0 Å². The van der Waals surface area contributed by atoms with E-state index in [-0.39, 0.29) is 23.5 Å². The van der Waals surface area contributed by atoms with Crippen molar-refractivity contribution in [2.24, 2.45) is 21.5 Å². The van der Waals surface area contributed by atoms with Crippen molar-refractivity contribution >= 4 is 40.4 Å². The molecule has 110 valence electrons. The van der Waals surface area contributed by atoms with Crippen molar-refractivity contribution in [2.75, 3.05) is 5.32 Å². The van der Waals surface area contributed by atoms with Crippen LogP contribution in [0.1, 0.15) is 6.42 Å². The fourth-order valence-corrected chi connectivity index (χ4v) is 2.52. The number of thioether (sulfide) groups is 1. The number of hydrogen-bond acceptors (Lipinski definition) is 4. The SMILES string of the molecule is NC(N)=NC1=NC(=O)[C@@H](CC(=O)Nc2ccc(F)cc2)S1. The minimum atomic E-state index is -0.663. The van der Waals surface area contributed by atoms with E-state index in [9.17, 15) is 14.0 Å². The number of benzene rings is 1. The molecule has 0 aromatic heterocycles. The van der Waals surface area contributed by atoms with Gasteiger partial charge in [0.2, 0.25) is 5.91 Å². The van der Waals surface area contributed by atoms with E-state index in [2.05, 4.69) is 15.3 Å². The predicted octanol–water partition coefficient (Wildman–Crippen LogP) is 0.426. The molecule has 1 aromatic carbocycles. The lowest BCUT2D eigenvalue weighted by molar-refractivity contribution is -0.121. The van der Waals surface area contributed by atoms with Crippen molar-refractivity contribution in [1.82, 2.24) is 0 Å². The normalized spacial score (nSPS) is 17.3. The molecular formula is C12H12FN5O2S. The summed E-state index contributed by atoms with van der Waals surface area (Å²) in [5.74, 6) is -1.45. The van der Waals surface area contributed by atoms with Crippen LogP contribution in [-0.2, 0) is 9.59 Å². The van der Waals surface area contributed by atoms with E-state index in [0.717, 1.165) is 11.8 Å². The molecule has 1 aliphatic rings. The minimum absolute atomic E-state index is 0.0755. The van der Waals surface area contributed by atoms with Gasteiger partial charge in [0, 0.05) is 12.1 Å². The predicted molar refractivity (Wildman–Crippen MR) is 79.3 cm³/mol. The monoisotopic (exact) mass is 309 g/mol. The quantitative estimate of drug-likeness (QED) is 0.552. The molecule has 0 radical (unpaired) electrons. The van der Waals surface area contributed by atoms with E-state index in [4.69, 9.17) is 11.5 Å². The van der Waals surface area contributed by atoms with Crippen LogP contribution in [0.2, 0.25) is 0 Å². The highest BCUT2D eigenvalue weighted by Gasteiger charge is 2.30. The molecule has 0 spiro atoms. The summed E-state index contributed by atoms with van der Waals surface area (Å²) in [7, 11) is 0. The number of nitrogens with two attached hydrogens (primary N) is 2. The lowest BCUT2D eigenvalue weighted by atomic mass is 10.2. The van der Waals surface area contributed by atoms with Gasteiger partial charge in [0.05, 0.1) is 0 Å². The van der Waals surface area contributed by atoms with Crippen LogP contribution in [0.3, 0.4) is 0 Å². The van der Waals surface area contributed by atoms with Gasteiger partial charge in [0.1, 0.15) is 11.1 Å². The zero-order valence-electron chi connectivity index (χ0n) is 10.7. The standard InChI is InChI=1S/C12H12FN5O2S/c13-6-1-3-7(4-2-6)16-9(19)5-8-10(20)17-12(21-8)18-11(14)15/h1-4,8H,5H2,(H,16,19)(H4,14,15,17,18,20)/t8-/m1/s1. The second-order valence-electron chi connectivity index (χ2n) is 4.13. The largest absolute Gasteiger partial charge is 0.370 e. The van der Waals surface area contributed by atoms with Crippen LogP contribution in [-0.4, -0.2) is 28.2 Å². The summed E-state index contributed by atoms with van der Waals surface area (Å²) in [6, 6.07) is 5.31. The molecule has 0 unspecified atom stereocenters. The second-order valence-corrected chi connectivity index (χ2v) is 5.30. The van der Waals surface area contributed by atoms with Crippen LogP contribution in [0, 0.1) is 5.82 Å². The Labute approximate surface area is 123 Å². The highest BCUT2D eigenvalue weighted by atomic mass is 32.2.